The zero-order valence-electron chi connectivity index (χ0n) is 13.0. The summed E-state index contributed by atoms with van der Waals surface area (Å²) in [5.74, 6) is 0. The van der Waals surface area contributed by atoms with Crippen molar-refractivity contribution in [3.05, 3.63) is 76.1 Å². The van der Waals surface area contributed by atoms with Gasteiger partial charge in [0.1, 0.15) is 0 Å². The third-order valence-corrected chi connectivity index (χ3v) is 3.93. The SMILES string of the molecule is O=[N+]([O-])c1ccc(NCCc2ccc(CO)cc2)c2ccncc12. The summed E-state index contributed by atoms with van der Waals surface area (Å²) >= 11 is 0. The number of nitrogens with zero attached hydrogens (tertiary/aromatic N) is 2. The van der Waals surface area contributed by atoms with Gasteiger partial charge in [-0.1, -0.05) is 24.3 Å². The van der Waals surface area contributed by atoms with Gasteiger partial charge >= 0.3 is 0 Å². The molecular weight excluding hydrogens is 306 g/mol. The molecule has 3 rings (SSSR count). The highest BCUT2D eigenvalue weighted by Gasteiger charge is 2.13. The minimum atomic E-state index is -0.392. The minimum Gasteiger partial charge on any atom is -0.392 e. The maximum atomic E-state index is 11.1. The van der Waals surface area contributed by atoms with Crippen LogP contribution in [-0.4, -0.2) is 21.6 Å². The number of nitro benzene ring substituents is 1. The van der Waals surface area contributed by atoms with E-state index < -0.39 is 4.92 Å². The number of pyridine rings is 1. The second-order valence-electron chi connectivity index (χ2n) is 5.46. The fraction of sp³-hybridized carbons (Fsp3) is 0.167. The van der Waals surface area contributed by atoms with E-state index in [-0.39, 0.29) is 12.3 Å². The Labute approximate surface area is 138 Å². The molecule has 0 aliphatic rings. The lowest BCUT2D eigenvalue weighted by Crippen LogP contribution is -2.06. The molecule has 2 N–H and O–H groups in total. The van der Waals surface area contributed by atoms with Crippen molar-refractivity contribution in [1.82, 2.24) is 4.98 Å². The van der Waals surface area contributed by atoms with E-state index in [1.165, 1.54) is 12.3 Å². The summed E-state index contributed by atoms with van der Waals surface area (Å²) in [6.45, 7) is 0.745. The highest BCUT2D eigenvalue weighted by atomic mass is 16.6. The first-order valence-electron chi connectivity index (χ1n) is 7.62. The van der Waals surface area contributed by atoms with Crippen molar-refractivity contribution in [3.63, 3.8) is 0 Å². The summed E-state index contributed by atoms with van der Waals surface area (Å²) in [7, 11) is 0. The number of aliphatic hydroxyl groups is 1. The van der Waals surface area contributed by atoms with Crippen LogP contribution in [0.1, 0.15) is 11.1 Å². The number of aromatic nitrogens is 1. The van der Waals surface area contributed by atoms with Crippen LogP contribution in [0.25, 0.3) is 10.8 Å². The van der Waals surface area contributed by atoms with E-state index >= 15 is 0 Å². The average molecular weight is 323 g/mol. The van der Waals surface area contributed by atoms with Gasteiger partial charge in [0, 0.05) is 36.1 Å². The van der Waals surface area contributed by atoms with Gasteiger partial charge < -0.3 is 10.4 Å². The second kappa shape index (κ2) is 7.06. The number of aliphatic hydroxyl groups excluding tert-OH is 1. The number of hydrogen-bond donors (Lipinski definition) is 2. The molecule has 24 heavy (non-hydrogen) atoms. The summed E-state index contributed by atoms with van der Waals surface area (Å²) in [4.78, 5) is 14.7. The van der Waals surface area contributed by atoms with Crippen molar-refractivity contribution >= 4 is 22.1 Å². The Bertz CT molecular complexity index is 863. The van der Waals surface area contributed by atoms with Crippen LogP contribution >= 0.6 is 0 Å². The van der Waals surface area contributed by atoms with Crippen LogP contribution in [0.2, 0.25) is 0 Å². The molecule has 0 unspecified atom stereocenters. The number of nitrogens with one attached hydrogen (secondary N) is 1. The third-order valence-electron chi connectivity index (χ3n) is 3.93. The lowest BCUT2D eigenvalue weighted by Gasteiger charge is -2.10. The Kier molecular flexibility index (Phi) is 4.67. The van der Waals surface area contributed by atoms with E-state index in [4.69, 9.17) is 5.11 Å². The molecule has 0 atom stereocenters. The molecule has 3 aromatic rings. The molecule has 1 heterocycles. The third kappa shape index (κ3) is 3.33. The zero-order chi connectivity index (χ0) is 16.9. The number of rotatable bonds is 6. The van der Waals surface area contributed by atoms with Gasteiger partial charge in [-0.15, -0.1) is 0 Å². The highest BCUT2D eigenvalue weighted by molar-refractivity contribution is 5.99. The zero-order valence-corrected chi connectivity index (χ0v) is 13.0. The van der Waals surface area contributed by atoms with Crippen LogP contribution in [-0.2, 0) is 13.0 Å². The molecular formula is C18H17N3O3. The number of benzene rings is 2. The van der Waals surface area contributed by atoms with Gasteiger partial charge in [-0.05, 0) is 29.7 Å². The molecule has 0 bridgehead atoms. The molecule has 0 spiro atoms. The Morgan fingerprint density at radius 3 is 2.50 bits per heavy atom. The Morgan fingerprint density at radius 1 is 1.04 bits per heavy atom. The number of fused-ring (bicyclic) bond motifs is 1. The molecule has 0 amide bonds. The van der Waals surface area contributed by atoms with Gasteiger partial charge in [-0.3, -0.25) is 15.1 Å². The first kappa shape index (κ1) is 15.9. The van der Waals surface area contributed by atoms with E-state index in [0.29, 0.717) is 11.9 Å². The lowest BCUT2D eigenvalue weighted by molar-refractivity contribution is -0.383. The van der Waals surface area contributed by atoms with Gasteiger partial charge in [0.05, 0.1) is 16.9 Å². The standard InChI is InChI=1S/C18H17N3O3/c22-12-14-3-1-13(2-4-14)7-10-20-17-5-6-18(21(23)24)16-11-19-9-8-15(16)17/h1-6,8-9,11,20,22H,7,10,12H2. The lowest BCUT2D eigenvalue weighted by atomic mass is 10.1. The van der Waals surface area contributed by atoms with Crippen molar-refractivity contribution in [3.8, 4) is 0 Å². The van der Waals surface area contributed by atoms with Gasteiger partial charge in [-0.2, -0.15) is 0 Å². The Hall–Kier alpha value is -2.99. The average Bonchev–Trinajstić information content (AvgIpc) is 2.62. The maximum absolute atomic E-state index is 11.1. The molecule has 0 fully saturated rings. The topological polar surface area (TPSA) is 88.3 Å². The monoisotopic (exact) mass is 323 g/mol. The van der Waals surface area contributed by atoms with Crippen LogP contribution < -0.4 is 5.32 Å². The minimum absolute atomic E-state index is 0.0430. The predicted molar refractivity (Wildman–Crippen MR) is 93.0 cm³/mol. The molecule has 0 saturated heterocycles. The number of non-ortho nitro benzene ring substituents is 1. The first-order chi connectivity index (χ1) is 11.7. The number of hydrogen-bond acceptors (Lipinski definition) is 5. The normalized spacial score (nSPS) is 10.7. The molecule has 0 aliphatic carbocycles. The van der Waals surface area contributed by atoms with Gasteiger partial charge in [0.15, 0.2) is 0 Å². The highest BCUT2D eigenvalue weighted by Crippen LogP contribution is 2.30. The molecule has 122 valence electrons. The molecule has 0 radical (unpaired) electrons. The van der Waals surface area contributed by atoms with Crippen molar-refractivity contribution < 1.29 is 10.0 Å². The van der Waals surface area contributed by atoms with Crippen LogP contribution in [0.15, 0.2) is 54.9 Å². The number of anilines is 1. The van der Waals surface area contributed by atoms with E-state index in [1.54, 1.807) is 18.3 Å². The van der Waals surface area contributed by atoms with Crippen LogP contribution in [0.3, 0.4) is 0 Å². The molecule has 0 saturated carbocycles. The van der Waals surface area contributed by atoms with Crippen molar-refractivity contribution in [2.45, 2.75) is 13.0 Å². The van der Waals surface area contributed by atoms with Crippen molar-refractivity contribution in [1.29, 1.82) is 0 Å². The number of nitro groups is 1. The molecule has 0 aliphatic heterocycles. The van der Waals surface area contributed by atoms with E-state index in [1.807, 2.05) is 24.3 Å². The Morgan fingerprint density at radius 2 is 1.79 bits per heavy atom. The second-order valence-corrected chi connectivity index (χ2v) is 5.46. The van der Waals surface area contributed by atoms with Gasteiger partial charge in [-0.25, -0.2) is 0 Å². The van der Waals surface area contributed by atoms with E-state index in [0.717, 1.165) is 28.6 Å². The smallest absolute Gasteiger partial charge is 0.278 e. The quantitative estimate of drug-likeness (QED) is 0.537. The van der Waals surface area contributed by atoms with Crippen molar-refractivity contribution in [2.75, 3.05) is 11.9 Å². The molecule has 6 nitrogen and oxygen atoms in total. The van der Waals surface area contributed by atoms with Gasteiger partial charge in [0.2, 0.25) is 0 Å². The summed E-state index contributed by atoms with van der Waals surface area (Å²) in [6, 6.07) is 12.8. The van der Waals surface area contributed by atoms with Crippen LogP contribution in [0.4, 0.5) is 11.4 Å². The summed E-state index contributed by atoms with van der Waals surface area (Å²) in [6.07, 6.45) is 3.96. The summed E-state index contributed by atoms with van der Waals surface area (Å²) in [5, 5.41) is 24.8. The molecule has 2 aromatic carbocycles. The van der Waals surface area contributed by atoms with Crippen LogP contribution in [0.5, 0.6) is 0 Å². The maximum Gasteiger partial charge on any atom is 0.278 e. The fourth-order valence-electron chi connectivity index (χ4n) is 2.64. The van der Waals surface area contributed by atoms with E-state index in [9.17, 15) is 10.1 Å². The summed E-state index contributed by atoms with van der Waals surface area (Å²) in [5.41, 5.74) is 2.96. The van der Waals surface area contributed by atoms with E-state index in [2.05, 4.69) is 10.3 Å². The molecule has 6 heteroatoms. The van der Waals surface area contributed by atoms with Crippen LogP contribution in [0, 0.1) is 10.1 Å². The Balaban J connectivity index is 1.75. The fourth-order valence-corrected chi connectivity index (χ4v) is 2.64. The predicted octanol–water partition coefficient (Wildman–Crippen LogP) is 3.29. The summed E-state index contributed by atoms with van der Waals surface area (Å²) < 4.78 is 0. The molecule has 1 aromatic heterocycles. The largest absolute Gasteiger partial charge is 0.392 e. The van der Waals surface area contributed by atoms with Crippen molar-refractivity contribution in [2.24, 2.45) is 0 Å². The first-order valence-corrected chi connectivity index (χ1v) is 7.62. The van der Waals surface area contributed by atoms with Gasteiger partial charge in [0.25, 0.3) is 5.69 Å².